The molecule has 1 fully saturated rings. The molecule has 1 unspecified atom stereocenters. The third-order valence-electron chi connectivity index (χ3n) is 6.30. The molecule has 8 heteroatoms. The summed E-state index contributed by atoms with van der Waals surface area (Å²) in [4.78, 5) is 0.178. The lowest BCUT2D eigenvalue weighted by molar-refractivity contribution is 0.0491. The molecule has 1 saturated heterocycles. The van der Waals surface area contributed by atoms with Crippen molar-refractivity contribution >= 4 is 15.7 Å². The van der Waals surface area contributed by atoms with Crippen LogP contribution in [0.3, 0.4) is 0 Å². The van der Waals surface area contributed by atoms with Gasteiger partial charge in [-0.1, -0.05) is 13.8 Å². The molecule has 1 N–H and O–H groups in total. The predicted octanol–water partition coefficient (Wildman–Crippen LogP) is 4.46. The van der Waals surface area contributed by atoms with E-state index in [1.54, 1.807) is 12.1 Å². The number of rotatable bonds is 8. The number of hydrogen-bond acceptors (Lipinski definition) is 5. The first kappa shape index (κ1) is 24.0. The van der Waals surface area contributed by atoms with E-state index in [2.05, 4.69) is 0 Å². The summed E-state index contributed by atoms with van der Waals surface area (Å²) >= 11 is 0. The van der Waals surface area contributed by atoms with Crippen LogP contribution in [0.25, 0.3) is 0 Å². The van der Waals surface area contributed by atoms with Crippen molar-refractivity contribution in [1.29, 1.82) is 0 Å². The molecule has 1 aliphatic heterocycles. The van der Waals surface area contributed by atoms with E-state index in [-0.39, 0.29) is 17.4 Å². The Morgan fingerprint density at radius 1 is 1.12 bits per heavy atom. The van der Waals surface area contributed by atoms with Crippen LogP contribution in [0, 0.1) is 17.7 Å². The highest BCUT2D eigenvalue weighted by Gasteiger charge is 2.35. The maximum absolute atomic E-state index is 13.8. The molecule has 33 heavy (non-hydrogen) atoms. The molecule has 0 bridgehead atoms. The lowest BCUT2D eigenvalue weighted by Crippen LogP contribution is -2.35. The van der Waals surface area contributed by atoms with E-state index in [0.29, 0.717) is 47.9 Å². The Kier molecular flexibility index (Phi) is 7.26. The van der Waals surface area contributed by atoms with E-state index >= 15 is 0 Å². The summed E-state index contributed by atoms with van der Waals surface area (Å²) in [5.41, 5.74) is 1.60. The summed E-state index contributed by atoms with van der Waals surface area (Å²) < 4.78 is 54.0. The first-order valence-corrected chi connectivity index (χ1v) is 13.0. The van der Waals surface area contributed by atoms with Crippen molar-refractivity contribution in [1.82, 2.24) is 0 Å². The van der Waals surface area contributed by atoms with Gasteiger partial charge in [-0.15, -0.1) is 0 Å². The van der Waals surface area contributed by atoms with Crippen molar-refractivity contribution in [2.75, 3.05) is 30.7 Å². The van der Waals surface area contributed by atoms with E-state index in [1.165, 1.54) is 28.6 Å². The van der Waals surface area contributed by atoms with Crippen molar-refractivity contribution in [3.8, 4) is 5.75 Å². The van der Waals surface area contributed by atoms with Crippen LogP contribution in [-0.4, -0.2) is 39.9 Å². The molecular weight excluding hydrogens is 445 g/mol. The zero-order valence-electron chi connectivity index (χ0n) is 19.2. The third kappa shape index (κ3) is 5.18. The number of ether oxygens (including phenoxy) is 2. The van der Waals surface area contributed by atoms with Gasteiger partial charge in [-0.25, -0.2) is 12.8 Å². The van der Waals surface area contributed by atoms with E-state index in [1.807, 2.05) is 13.8 Å². The Morgan fingerprint density at radius 3 is 2.48 bits per heavy atom. The van der Waals surface area contributed by atoms with E-state index in [0.717, 1.165) is 26.1 Å². The van der Waals surface area contributed by atoms with Crippen LogP contribution in [-0.2, 0) is 21.2 Å². The van der Waals surface area contributed by atoms with E-state index < -0.39 is 21.9 Å². The van der Waals surface area contributed by atoms with Crippen LogP contribution in [0.4, 0.5) is 10.1 Å². The molecule has 6 nitrogen and oxygen atoms in total. The van der Waals surface area contributed by atoms with Crippen LogP contribution < -0.4 is 9.04 Å². The van der Waals surface area contributed by atoms with Gasteiger partial charge in [0.2, 0.25) is 0 Å². The number of fused-ring (bicyclic) bond motifs is 1. The second-order valence-electron chi connectivity index (χ2n) is 9.28. The molecule has 0 aromatic heterocycles. The fraction of sp³-hybridized carbons (Fsp3) is 0.520. The average molecular weight is 478 g/mol. The molecule has 1 atom stereocenters. The summed E-state index contributed by atoms with van der Waals surface area (Å²) in [7, 11) is -3.94. The standard InChI is InChI=1S/C25H32FNO5S/c1-17(2)15-27(20-5-3-19(26)4-6-20)33(29,30)24-10-9-23(25-21(24)7-8-22(25)28)32-16-18-11-13-31-14-12-18/h3-6,9-10,17-18,22,28H,7-8,11-16H2,1-2H3. The number of halogens is 1. The molecule has 2 aromatic carbocycles. The summed E-state index contributed by atoms with van der Waals surface area (Å²) in [6, 6.07) is 8.74. The minimum atomic E-state index is -3.94. The van der Waals surface area contributed by atoms with Crippen molar-refractivity contribution in [2.45, 2.75) is 50.5 Å². The topological polar surface area (TPSA) is 76.1 Å². The zero-order valence-corrected chi connectivity index (χ0v) is 20.0. The Bertz CT molecular complexity index is 1060. The quantitative estimate of drug-likeness (QED) is 0.608. The molecule has 0 radical (unpaired) electrons. The Balaban J connectivity index is 1.68. The normalized spacial score (nSPS) is 19.0. The first-order chi connectivity index (χ1) is 15.8. The van der Waals surface area contributed by atoms with Gasteiger partial charge in [0.25, 0.3) is 10.0 Å². The number of aliphatic hydroxyl groups is 1. The molecular formula is C25H32FNO5S. The van der Waals surface area contributed by atoms with Gasteiger partial charge in [0, 0.05) is 25.3 Å². The Morgan fingerprint density at radius 2 is 1.82 bits per heavy atom. The van der Waals surface area contributed by atoms with Crippen LogP contribution in [0.15, 0.2) is 41.3 Å². The van der Waals surface area contributed by atoms with E-state index in [9.17, 15) is 17.9 Å². The summed E-state index contributed by atoms with van der Waals surface area (Å²) in [6.45, 7) is 6.10. The molecule has 2 aromatic rings. The molecule has 1 heterocycles. The fourth-order valence-electron chi connectivity index (χ4n) is 4.56. The zero-order chi connectivity index (χ0) is 23.6. The summed E-state index contributed by atoms with van der Waals surface area (Å²) in [5, 5.41) is 10.7. The van der Waals surface area contributed by atoms with Gasteiger partial charge < -0.3 is 14.6 Å². The van der Waals surface area contributed by atoms with Gasteiger partial charge in [-0.05, 0) is 79.5 Å². The van der Waals surface area contributed by atoms with Crippen LogP contribution in [0.1, 0.15) is 50.3 Å². The Hall–Kier alpha value is -2.16. The molecule has 0 amide bonds. The molecule has 0 spiro atoms. The largest absolute Gasteiger partial charge is 0.493 e. The van der Waals surface area contributed by atoms with Gasteiger partial charge in [-0.2, -0.15) is 0 Å². The van der Waals surface area contributed by atoms with Crippen molar-refractivity contribution < 1.29 is 27.4 Å². The summed E-state index contributed by atoms with van der Waals surface area (Å²) in [5.74, 6) is 0.579. The molecule has 1 aliphatic carbocycles. The highest BCUT2D eigenvalue weighted by Crippen LogP contribution is 2.42. The van der Waals surface area contributed by atoms with Crippen LogP contribution >= 0.6 is 0 Å². The highest BCUT2D eigenvalue weighted by atomic mass is 32.2. The highest BCUT2D eigenvalue weighted by molar-refractivity contribution is 7.92. The van der Waals surface area contributed by atoms with Gasteiger partial charge in [0.05, 0.1) is 23.3 Å². The van der Waals surface area contributed by atoms with Crippen LogP contribution in [0.5, 0.6) is 5.75 Å². The second-order valence-corrected chi connectivity index (χ2v) is 11.1. The van der Waals surface area contributed by atoms with Gasteiger partial charge in [0.15, 0.2) is 0 Å². The monoisotopic (exact) mass is 477 g/mol. The number of aliphatic hydroxyl groups excluding tert-OH is 1. The minimum Gasteiger partial charge on any atom is -0.493 e. The molecule has 180 valence electrons. The van der Waals surface area contributed by atoms with Crippen molar-refractivity contribution in [3.63, 3.8) is 0 Å². The fourth-order valence-corrected chi connectivity index (χ4v) is 6.45. The first-order valence-electron chi connectivity index (χ1n) is 11.6. The number of benzene rings is 2. The minimum absolute atomic E-state index is 0.0607. The molecule has 2 aliphatic rings. The lowest BCUT2D eigenvalue weighted by atomic mass is 10.0. The molecule has 4 rings (SSSR count). The smallest absolute Gasteiger partial charge is 0.264 e. The maximum atomic E-state index is 13.8. The van der Waals surface area contributed by atoms with Gasteiger partial charge in [-0.3, -0.25) is 4.31 Å². The number of sulfonamides is 1. The number of hydrogen-bond donors (Lipinski definition) is 1. The number of nitrogens with zero attached hydrogens (tertiary/aromatic N) is 1. The van der Waals surface area contributed by atoms with Crippen LogP contribution in [0.2, 0.25) is 0 Å². The SMILES string of the molecule is CC(C)CN(c1ccc(F)cc1)S(=O)(=O)c1ccc(OCC2CCOCC2)c2c1CCC2O. The van der Waals surface area contributed by atoms with Crippen molar-refractivity contribution in [2.24, 2.45) is 11.8 Å². The van der Waals surface area contributed by atoms with E-state index in [4.69, 9.17) is 9.47 Å². The lowest BCUT2D eigenvalue weighted by Gasteiger charge is -2.28. The van der Waals surface area contributed by atoms with Crippen molar-refractivity contribution in [3.05, 3.63) is 53.3 Å². The molecule has 0 saturated carbocycles. The Labute approximate surface area is 195 Å². The summed E-state index contributed by atoms with van der Waals surface area (Å²) in [6.07, 6.45) is 2.01. The third-order valence-corrected chi connectivity index (χ3v) is 8.18. The van der Waals surface area contributed by atoms with Gasteiger partial charge >= 0.3 is 0 Å². The number of anilines is 1. The van der Waals surface area contributed by atoms with Gasteiger partial charge in [0.1, 0.15) is 11.6 Å². The maximum Gasteiger partial charge on any atom is 0.264 e. The predicted molar refractivity (Wildman–Crippen MR) is 125 cm³/mol. The second kappa shape index (κ2) is 9.99. The average Bonchev–Trinajstić information content (AvgIpc) is 3.19.